The fourth-order valence-corrected chi connectivity index (χ4v) is 0.809. The molecule has 0 aliphatic rings. The third kappa shape index (κ3) is 2.43. The van der Waals surface area contributed by atoms with Crippen molar-refractivity contribution in [1.82, 2.24) is 0 Å². The number of nitrogens with two attached hydrogens (primary N) is 1. The number of rotatable bonds is 1. The maximum atomic E-state index is 12.9. The summed E-state index contributed by atoms with van der Waals surface area (Å²) < 4.78 is 32.6. The zero-order chi connectivity index (χ0) is 9.35. The van der Waals surface area contributed by atoms with Crippen LogP contribution in [0.1, 0.15) is 19.9 Å². The van der Waals surface area contributed by atoms with Crippen LogP contribution in [0.25, 0.3) is 0 Å². The van der Waals surface area contributed by atoms with Crippen LogP contribution in [0, 0.1) is 11.6 Å². The molecule has 1 nitrogen and oxygen atoms in total. The van der Waals surface area contributed by atoms with Gasteiger partial charge in [-0.05, 0) is 13.0 Å². The normalized spacial score (nSPS) is 15.8. The van der Waals surface area contributed by atoms with Crippen molar-refractivity contribution in [3.8, 4) is 0 Å². The van der Waals surface area contributed by atoms with Gasteiger partial charge >= 0.3 is 0 Å². The van der Waals surface area contributed by atoms with Gasteiger partial charge in [-0.2, -0.15) is 0 Å². The van der Waals surface area contributed by atoms with Gasteiger partial charge < -0.3 is 5.73 Å². The summed E-state index contributed by atoms with van der Waals surface area (Å²) in [6, 6.07) is 1.46. The predicted molar refractivity (Wildman–Crippen MR) is 46.2 cm³/mol. The average molecular weight is 195 g/mol. The summed E-state index contributed by atoms with van der Waals surface area (Å²) in [4.78, 5) is 0. The smallest absolute Gasteiger partial charge is 0.130 e. The lowest BCUT2D eigenvalue weighted by atomic mass is 10.1. The largest absolute Gasteiger partial charge is 0.324 e. The van der Waals surface area contributed by atoms with E-state index in [9.17, 15) is 8.78 Å². The molecule has 0 bridgehead atoms. The lowest BCUT2D eigenvalue weighted by Crippen LogP contribution is -2.07. The summed E-state index contributed by atoms with van der Waals surface area (Å²) in [7, 11) is 0. The van der Waals surface area contributed by atoms with E-state index in [4.69, 9.17) is 7.10 Å². The van der Waals surface area contributed by atoms with Crippen molar-refractivity contribution >= 4 is 12.4 Å². The van der Waals surface area contributed by atoms with Crippen LogP contribution in [0.4, 0.5) is 8.78 Å². The molecule has 68 valence electrons. The minimum absolute atomic E-state index is 0. The Morgan fingerprint density at radius 2 is 2.08 bits per heavy atom. The van der Waals surface area contributed by atoms with Crippen LogP contribution in [-0.2, 0) is 0 Å². The monoisotopic (exact) mass is 194 g/mol. The van der Waals surface area contributed by atoms with Gasteiger partial charge in [0.2, 0.25) is 0 Å². The molecule has 0 spiro atoms. The van der Waals surface area contributed by atoms with Crippen LogP contribution in [0.15, 0.2) is 18.2 Å². The van der Waals surface area contributed by atoms with Gasteiger partial charge in [-0.25, -0.2) is 8.78 Å². The van der Waals surface area contributed by atoms with Crippen LogP contribution >= 0.6 is 12.4 Å². The molecule has 0 aromatic heterocycles. The summed E-state index contributed by atoms with van der Waals surface area (Å²) in [5.41, 5.74) is 5.30. The van der Waals surface area contributed by atoms with E-state index >= 15 is 0 Å². The molecule has 0 aliphatic carbocycles. The molecule has 0 radical (unpaired) electrons. The maximum absolute atomic E-state index is 12.9. The molecule has 12 heavy (non-hydrogen) atoms. The molecule has 1 rings (SSSR count). The molecular formula is C8H10ClF2N. The van der Waals surface area contributed by atoms with Crippen molar-refractivity contribution < 1.29 is 10.2 Å². The summed E-state index contributed by atoms with van der Waals surface area (Å²) in [5, 5.41) is 0. The minimum atomic E-state index is -1.52. The first-order valence-electron chi connectivity index (χ1n) is 3.65. The standard InChI is InChI=1S/C8H9F2N.ClH/c1-5(11)7-3-2-6(9)4-8(7)10;/h2-5H,11H2,1H3;1H/t5-;/m1./s1/i5D;. The van der Waals surface area contributed by atoms with E-state index < -0.39 is 17.7 Å². The first-order valence-corrected chi connectivity index (χ1v) is 3.15. The SMILES string of the molecule is Cl.[2H][C@](C)(N)c1ccc(F)cc1F. The molecule has 4 heteroatoms. The third-order valence-corrected chi connectivity index (χ3v) is 1.36. The van der Waals surface area contributed by atoms with Gasteiger partial charge in [0.25, 0.3) is 0 Å². The van der Waals surface area contributed by atoms with Gasteiger partial charge in [0.15, 0.2) is 0 Å². The second-order valence-electron chi connectivity index (χ2n) is 2.31. The molecule has 0 saturated carbocycles. The lowest BCUT2D eigenvalue weighted by molar-refractivity contribution is 0.562. The quantitative estimate of drug-likeness (QED) is 0.730. The number of hydrogen-bond donors (Lipinski definition) is 1. The van der Waals surface area contributed by atoms with Gasteiger partial charge in [-0.1, -0.05) is 6.07 Å². The summed E-state index contributed by atoms with van der Waals surface area (Å²) in [6.07, 6.45) is 0. The van der Waals surface area contributed by atoms with Gasteiger partial charge in [-0.15, -0.1) is 12.4 Å². The van der Waals surface area contributed by atoms with Crippen molar-refractivity contribution in [2.24, 2.45) is 5.73 Å². The van der Waals surface area contributed by atoms with Crippen molar-refractivity contribution in [3.63, 3.8) is 0 Å². The molecule has 0 amide bonds. The van der Waals surface area contributed by atoms with Crippen LogP contribution in [0.3, 0.4) is 0 Å². The highest BCUT2D eigenvalue weighted by atomic mass is 35.5. The topological polar surface area (TPSA) is 26.0 Å². The Hall–Kier alpha value is -0.670. The first kappa shape index (κ1) is 9.42. The number of halogens is 3. The molecule has 1 aromatic carbocycles. The molecule has 0 saturated heterocycles. The van der Waals surface area contributed by atoms with Gasteiger partial charge in [0.1, 0.15) is 11.6 Å². The zero-order valence-corrected chi connectivity index (χ0v) is 7.29. The average Bonchev–Trinajstić information content (AvgIpc) is 1.83. The molecule has 0 fully saturated rings. The Kier molecular flexibility index (Phi) is 3.44. The molecule has 0 aliphatic heterocycles. The molecular weight excluding hydrogens is 184 g/mol. The fraction of sp³-hybridized carbons (Fsp3) is 0.250. The molecule has 1 aromatic rings. The van der Waals surface area contributed by atoms with Crippen molar-refractivity contribution in [2.75, 3.05) is 0 Å². The van der Waals surface area contributed by atoms with Crippen LogP contribution < -0.4 is 5.73 Å². The number of hydrogen-bond acceptors (Lipinski definition) is 1. The first-order chi connectivity index (χ1) is 5.41. The molecule has 0 heterocycles. The Bertz CT molecular complexity index is 299. The Balaban J connectivity index is 0.00000144. The number of benzene rings is 1. The van der Waals surface area contributed by atoms with E-state index in [1.165, 1.54) is 13.0 Å². The van der Waals surface area contributed by atoms with Crippen LogP contribution in [0.2, 0.25) is 0 Å². The third-order valence-electron chi connectivity index (χ3n) is 1.36. The van der Waals surface area contributed by atoms with E-state index in [0.717, 1.165) is 12.1 Å². The summed E-state index contributed by atoms with van der Waals surface area (Å²) in [6.45, 7) is 1.34. The van der Waals surface area contributed by atoms with E-state index in [1.807, 2.05) is 0 Å². The summed E-state index contributed by atoms with van der Waals surface area (Å²) in [5.74, 6) is -1.45. The molecule has 2 N–H and O–H groups in total. The van der Waals surface area contributed by atoms with Gasteiger partial charge in [0.05, 0.1) is 1.37 Å². The van der Waals surface area contributed by atoms with E-state index in [-0.39, 0.29) is 18.0 Å². The van der Waals surface area contributed by atoms with E-state index in [2.05, 4.69) is 0 Å². The zero-order valence-electron chi connectivity index (χ0n) is 7.47. The highest BCUT2D eigenvalue weighted by molar-refractivity contribution is 5.85. The minimum Gasteiger partial charge on any atom is -0.324 e. The van der Waals surface area contributed by atoms with Gasteiger partial charge in [-0.3, -0.25) is 0 Å². The second kappa shape index (κ2) is 4.38. The van der Waals surface area contributed by atoms with Crippen LogP contribution in [0.5, 0.6) is 0 Å². The lowest BCUT2D eigenvalue weighted by Gasteiger charge is -2.05. The van der Waals surface area contributed by atoms with E-state index in [1.54, 1.807) is 0 Å². The summed E-state index contributed by atoms with van der Waals surface area (Å²) >= 11 is 0. The van der Waals surface area contributed by atoms with Crippen molar-refractivity contribution in [3.05, 3.63) is 35.4 Å². The highest BCUT2D eigenvalue weighted by Gasteiger charge is 2.06. The Labute approximate surface area is 77.4 Å². The molecule has 0 unspecified atom stereocenters. The van der Waals surface area contributed by atoms with E-state index in [0.29, 0.717) is 0 Å². The van der Waals surface area contributed by atoms with Crippen molar-refractivity contribution in [2.45, 2.75) is 12.9 Å². The Morgan fingerprint density at radius 1 is 1.50 bits per heavy atom. The molecule has 1 atom stereocenters. The van der Waals surface area contributed by atoms with Crippen LogP contribution in [-0.4, -0.2) is 0 Å². The predicted octanol–water partition coefficient (Wildman–Crippen LogP) is 2.41. The van der Waals surface area contributed by atoms with Crippen molar-refractivity contribution in [1.29, 1.82) is 0 Å². The second-order valence-corrected chi connectivity index (χ2v) is 2.31. The Morgan fingerprint density at radius 3 is 2.50 bits per heavy atom. The fourth-order valence-electron chi connectivity index (χ4n) is 0.809. The van der Waals surface area contributed by atoms with Gasteiger partial charge in [0, 0.05) is 17.6 Å². The highest BCUT2D eigenvalue weighted by Crippen LogP contribution is 2.14. The maximum Gasteiger partial charge on any atom is 0.130 e.